The summed E-state index contributed by atoms with van der Waals surface area (Å²) in [6.07, 6.45) is 0. The first-order valence-corrected chi connectivity index (χ1v) is 4.60. The lowest BCUT2D eigenvalue weighted by Crippen LogP contribution is -2.09. The van der Waals surface area contributed by atoms with Gasteiger partial charge in [0.05, 0.1) is 10.9 Å². The van der Waals surface area contributed by atoms with E-state index in [1.54, 1.807) is 0 Å². The summed E-state index contributed by atoms with van der Waals surface area (Å²) in [5, 5.41) is 0.404. The van der Waals surface area contributed by atoms with Gasteiger partial charge in [0.1, 0.15) is 5.82 Å². The Morgan fingerprint density at radius 1 is 1.46 bits per heavy atom. The lowest BCUT2D eigenvalue weighted by atomic mass is 10.2. The van der Waals surface area contributed by atoms with Gasteiger partial charge in [-0.3, -0.25) is 4.79 Å². The molecule has 0 spiro atoms. The monoisotopic (exact) mass is 290 g/mol. The Bertz CT molecular complexity index is 518. The van der Waals surface area contributed by atoms with Gasteiger partial charge in [-0.25, -0.2) is 9.37 Å². The van der Waals surface area contributed by atoms with Crippen LogP contribution in [0.15, 0.2) is 23.0 Å². The Hall–Kier alpha value is -0.980. The molecule has 13 heavy (non-hydrogen) atoms. The molecule has 0 atom stereocenters. The Kier molecular flexibility index (Phi) is 2.03. The average Bonchev–Trinajstić information content (AvgIpc) is 2.02. The SMILES string of the molecule is O=c1[nH]c(I)nc2cc(F)ccc12. The topological polar surface area (TPSA) is 45.8 Å². The first-order valence-electron chi connectivity index (χ1n) is 3.52. The minimum atomic E-state index is -0.388. The molecule has 0 aliphatic carbocycles. The highest BCUT2D eigenvalue weighted by Crippen LogP contribution is 2.09. The summed E-state index contributed by atoms with van der Waals surface area (Å²) in [4.78, 5) is 17.8. The number of fused-ring (bicyclic) bond motifs is 1. The van der Waals surface area contributed by atoms with Crippen LogP contribution in [0.4, 0.5) is 4.39 Å². The van der Waals surface area contributed by atoms with E-state index in [2.05, 4.69) is 9.97 Å². The number of nitrogens with one attached hydrogen (secondary N) is 1. The highest BCUT2D eigenvalue weighted by molar-refractivity contribution is 14.1. The summed E-state index contributed by atoms with van der Waals surface area (Å²) >= 11 is 1.88. The summed E-state index contributed by atoms with van der Waals surface area (Å²) < 4.78 is 13.2. The molecule has 1 aromatic heterocycles. The molecule has 0 fully saturated rings. The second-order valence-electron chi connectivity index (χ2n) is 2.52. The molecule has 1 heterocycles. The number of halogens is 2. The van der Waals surface area contributed by atoms with E-state index in [0.29, 0.717) is 14.7 Å². The Balaban J connectivity index is 2.95. The number of rotatable bonds is 0. The number of aromatic amines is 1. The molecule has 0 saturated heterocycles. The summed E-state index contributed by atoms with van der Waals surface area (Å²) in [5.41, 5.74) is 0.141. The smallest absolute Gasteiger partial charge is 0.259 e. The van der Waals surface area contributed by atoms with Gasteiger partial charge in [-0.1, -0.05) is 0 Å². The first kappa shape index (κ1) is 8.61. The zero-order valence-electron chi connectivity index (χ0n) is 6.34. The zero-order valence-corrected chi connectivity index (χ0v) is 8.50. The number of hydrogen-bond donors (Lipinski definition) is 1. The number of hydrogen-bond acceptors (Lipinski definition) is 2. The van der Waals surface area contributed by atoms with Gasteiger partial charge in [0, 0.05) is 6.07 Å². The molecule has 2 rings (SSSR count). The average molecular weight is 290 g/mol. The highest BCUT2D eigenvalue weighted by Gasteiger charge is 2.02. The largest absolute Gasteiger partial charge is 0.301 e. The lowest BCUT2D eigenvalue weighted by Gasteiger charge is -1.96. The minimum Gasteiger partial charge on any atom is -0.301 e. The Morgan fingerprint density at radius 3 is 3.00 bits per heavy atom. The Labute approximate surface area is 86.1 Å². The van der Waals surface area contributed by atoms with Gasteiger partial charge in [-0.2, -0.15) is 0 Å². The first-order chi connectivity index (χ1) is 6.16. The molecule has 3 nitrogen and oxygen atoms in total. The molecular formula is C8H4FIN2O. The van der Waals surface area contributed by atoms with Crippen molar-refractivity contribution >= 4 is 33.5 Å². The van der Waals surface area contributed by atoms with E-state index in [9.17, 15) is 9.18 Å². The van der Waals surface area contributed by atoms with Crippen LogP contribution in [-0.2, 0) is 0 Å². The molecule has 0 saturated carbocycles. The van der Waals surface area contributed by atoms with E-state index >= 15 is 0 Å². The molecule has 1 N–H and O–H groups in total. The molecule has 5 heteroatoms. The molecular weight excluding hydrogens is 286 g/mol. The summed E-state index contributed by atoms with van der Waals surface area (Å²) in [6, 6.07) is 3.91. The Morgan fingerprint density at radius 2 is 2.23 bits per heavy atom. The molecule has 2 aromatic rings. The van der Waals surface area contributed by atoms with E-state index in [0.717, 1.165) is 0 Å². The molecule has 0 aliphatic heterocycles. The number of aromatic nitrogens is 2. The molecule has 0 radical (unpaired) electrons. The van der Waals surface area contributed by atoms with Crippen molar-refractivity contribution in [3.8, 4) is 0 Å². The van der Waals surface area contributed by atoms with Gasteiger partial charge >= 0.3 is 0 Å². The molecule has 0 amide bonds. The van der Waals surface area contributed by atoms with Gasteiger partial charge in [0.2, 0.25) is 0 Å². The van der Waals surface area contributed by atoms with Crippen molar-refractivity contribution in [1.29, 1.82) is 0 Å². The van der Waals surface area contributed by atoms with Crippen LogP contribution in [0.2, 0.25) is 0 Å². The van der Waals surface area contributed by atoms with Crippen molar-refractivity contribution in [2.45, 2.75) is 0 Å². The number of nitrogens with zero attached hydrogens (tertiary/aromatic N) is 1. The van der Waals surface area contributed by atoms with Crippen LogP contribution in [-0.4, -0.2) is 9.97 Å². The fraction of sp³-hybridized carbons (Fsp3) is 0. The van der Waals surface area contributed by atoms with Crippen molar-refractivity contribution in [3.05, 3.63) is 38.2 Å². The standard InChI is InChI=1S/C8H4FIN2O/c9-4-1-2-5-6(3-4)11-8(10)12-7(5)13/h1-3H,(H,11,12,13). The van der Waals surface area contributed by atoms with Crippen LogP contribution < -0.4 is 5.56 Å². The van der Waals surface area contributed by atoms with Gasteiger partial charge in [-0.15, -0.1) is 0 Å². The predicted octanol–water partition coefficient (Wildman–Crippen LogP) is 1.67. The van der Waals surface area contributed by atoms with E-state index < -0.39 is 0 Å². The van der Waals surface area contributed by atoms with Crippen molar-refractivity contribution in [2.24, 2.45) is 0 Å². The van der Waals surface area contributed by atoms with Crippen molar-refractivity contribution < 1.29 is 4.39 Å². The molecule has 0 aliphatic rings. The van der Waals surface area contributed by atoms with Gasteiger partial charge < -0.3 is 4.98 Å². The minimum absolute atomic E-state index is 0.241. The van der Waals surface area contributed by atoms with E-state index in [-0.39, 0.29) is 11.4 Å². The van der Waals surface area contributed by atoms with Gasteiger partial charge in [0.25, 0.3) is 5.56 Å². The summed E-state index contributed by atoms with van der Waals surface area (Å²) in [6.45, 7) is 0. The van der Waals surface area contributed by atoms with E-state index in [1.807, 2.05) is 22.6 Å². The lowest BCUT2D eigenvalue weighted by molar-refractivity contribution is 0.629. The van der Waals surface area contributed by atoms with E-state index in [4.69, 9.17) is 0 Å². The van der Waals surface area contributed by atoms with E-state index in [1.165, 1.54) is 18.2 Å². The maximum Gasteiger partial charge on any atom is 0.259 e. The fourth-order valence-electron chi connectivity index (χ4n) is 1.08. The van der Waals surface area contributed by atoms with Gasteiger partial charge in [-0.05, 0) is 34.7 Å². The number of benzene rings is 1. The quantitative estimate of drug-likeness (QED) is 0.592. The second-order valence-corrected chi connectivity index (χ2v) is 3.54. The van der Waals surface area contributed by atoms with Crippen molar-refractivity contribution in [3.63, 3.8) is 0 Å². The summed E-state index contributed by atoms with van der Waals surface area (Å²) in [7, 11) is 0. The molecule has 1 aromatic carbocycles. The molecule has 66 valence electrons. The highest BCUT2D eigenvalue weighted by atomic mass is 127. The fourth-order valence-corrected chi connectivity index (χ4v) is 1.59. The summed E-state index contributed by atoms with van der Waals surface area (Å²) in [5.74, 6) is -0.388. The van der Waals surface area contributed by atoms with Crippen LogP contribution in [0.25, 0.3) is 10.9 Å². The third-order valence-electron chi connectivity index (χ3n) is 1.64. The third kappa shape index (κ3) is 1.55. The third-order valence-corrected chi connectivity index (χ3v) is 2.15. The zero-order chi connectivity index (χ0) is 9.42. The predicted molar refractivity (Wildman–Crippen MR) is 55.0 cm³/mol. The second kappa shape index (κ2) is 3.06. The van der Waals surface area contributed by atoms with Crippen LogP contribution in [0.3, 0.4) is 0 Å². The van der Waals surface area contributed by atoms with Crippen molar-refractivity contribution in [1.82, 2.24) is 9.97 Å². The number of H-pyrrole nitrogens is 1. The van der Waals surface area contributed by atoms with Crippen molar-refractivity contribution in [2.75, 3.05) is 0 Å². The molecule has 0 bridgehead atoms. The van der Waals surface area contributed by atoms with Crippen LogP contribution in [0, 0.1) is 9.65 Å². The maximum atomic E-state index is 12.7. The molecule has 0 unspecified atom stereocenters. The normalized spacial score (nSPS) is 10.6. The maximum absolute atomic E-state index is 12.7. The van der Waals surface area contributed by atoms with Crippen LogP contribution in [0.5, 0.6) is 0 Å². The van der Waals surface area contributed by atoms with Crippen LogP contribution >= 0.6 is 22.6 Å². The van der Waals surface area contributed by atoms with Crippen LogP contribution in [0.1, 0.15) is 0 Å². The van der Waals surface area contributed by atoms with Gasteiger partial charge in [0.15, 0.2) is 3.83 Å².